The summed E-state index contributed by atoms with van der Waals surface area (Å²) in [5.41, 5.74) is -0.472. The summed E-state index contributed by atoms with van der Waals surface area (Å²) >= 11 is 0. The quantitative estimate of drug-likeness (QED) is 0.173. The van der Waals surface area contributed by atoms with Crippen LogP contribution in [-0.4, -0.2) is 110 Å². The number of benzene rings is 2. The third-order valence-corrected chi connectivity index (χ3v) is 7.26. The van der Waals surface area contributed by atoms with Gasteiger partial charge in [-0.15, -0.1) is 0 Å². The zero-order valence-corrected chi connectivity index (χ0v) is 21.6. The molecule has 0 unspecified atom stereocenters. The van der Waals surface area contributed by atoms with Gasteiger partial charge in [-0.2, -0.15) is 0 Å². The molecule has 0 radical (unpaired) electrons. The van der Waals surface area contributed by atoms with Crippen molar-refractivity contribution in [3.63, 3.8) is 0 Å². The highest BCUT2D eigenvalue weighted by molar-refractivity contribution is 5.88. The standard InChI is InChI=1S/C27H30O14/c1-37-15-7-16-18(12(30)6-14(39-16)10-2-4-11(29)5-3-10)22(34)19(15)25-26(23(35)21(33)17(8-28)40-25)41-27-24(36)20(32)13(31)9-38-27/h2-7,13,17,20-21,23-29,31-36H,8-9H2,1H3/t13-,17-,20-,21-,23-,24-,25+,26-,27+/m0/s1. The maximum absolute atomic E-state index is 13.2. The Morgan fingerprint density at radius 2 is 1.66 bits per heavy atom. The van der Waals surface area contributed by atoms with Crippen molar-refractivity contribution < 1.29 is 64.2 Å². The van der Waals surface area contributed by atoms with Crippen molar-refractivity contribution >= 4 is 11.0 Å². The van der Waals surface area contributed by atoms with Crippen molar-refractivity contribution in [1.82, 2.24) is 0 Å². The van der Waals surface area contributed by atoms with Gasteiger partial charge in [-0.05, 0) is 24.3 Å². The van der Waals surface area contributed by atoms with Crippen molar-refractivity contribution in [2.45, 2.75) is 55.1 Å². The third kappa shape index (κ3) is 5.25. The van der Waals surface area contributed by atoms with E-state index in [4.69, 9.17) is 23.4 Å². The third-order valence-electron chi connectivity index (χ3n) is 7.26. The number of methoxy groups -OCH3 is 1. The van der Waals surface area contributed by atoms with E-state index in [2.05, 4.69) is 0 Å². The molecule has 0 spiro atoms. The Morgan fingerprint density at radius 3 is 2.32 bits per heavy atom. The van der Waals surface area contributed by atoms with Crippen LogP contribution in [0.15, 0.2) is 45.6 Å². The van der Waals surface area contributed by atoms with Gasteiger partial charge in [0, 0.05) is 17.7 Å². The highest BCUT2D eigenvalue weighted by Crippen LogP contribution is 2.46. The average Bonchev–Trinajstić information content (AvgIpc) is 2.95. The van der Waals surface area contributed by atoms with Crippen LogP contribution < -0.4 is 10.2 Å². The van der Waals surface area contributed by atoms with Crippen LogP contribution in [0.5, 0.6) is 17.2 Å². The Kier molecular flexibility index (Phi) is 8.20. The molecular weight excluding hydrogens is 548 g/mol. The molecule has 0 saturated carbocycles. The lowest BCUT2D eigenvalue weighted by atomic mass is 9.89. The fourth-order valence-corrected chi connectivity index (χ4v) is 5.04. The Bertz CT molecular complexity index is 1440. The van der Waals surface area contributed by atoms with E-state index in [1.165, 1.54) is 37.4 Å². The topological polar surface area (TPSA) is 229 Å². The van der Waals surface area contributed by atoms with Gasteiger partial charge in [-0.1, -0.05) is 0 Å². The normalized spacial score (nSPS) is 32.2. The van der Waals surface area contributed by atoms with Crippen molar-refractivity contribution in [2.24, 2.45) is 0 Å². The monoisotopic (exact) mass is 578 g/mol. The van der Waals surface area contributed by atoms with Crippen LogP contribution in [-0.2, 0) is 14.2 Å². The molecule has 3 heterocycles. The number of aromatic hydroxyl groups is 2. The molecule has 0 amide bonds. The van der Waals surface area contributed by atoms with Crippen molar-refractivity contribution in [3.05, 3.63) is 52.2 Å². The number of phenolic OH excluding ortho intramolecular Hbond substituents is 2. The number of aliphatic hydroxyl groups is 6. The molecule has 8 N–H and O–H groups in total. The minimum Gasteiger partial charge on any atom is -0.508 e. The first kappa shape index (κ1) is 29.2. The molecule has 1 aromatic heterocycles. The number of hydrogen-bond acceptors (Lipinski definition) is 14. The first-order valence-corrected chi connectivity index (χ1v) is 12.7. The van der Waals surface area contributed by atoms with Gasteiger partial charge in [-0.25, -0.2) is 0 Å². The smallest absolute Gasteiger partial charge is 0.197 e. The van der Waals surface area contributed by atoms with E-state index in [0.29, 0.717) is 5.56 Å². The molecule has 2 aliphatic rings. The molecule has 222 valence electrons. The summed E-state index contributed by atoms with van der Waals surface area (Å²) in [5.74, 6) is -0.601. The predicted octanol–water partition coefficient (Wildman–Crippen LogP) is -1.14. The number of rotatable bonds is 6. The summed E-state index contributed by atoms with van der Waals surface area (Å²) in [6.45, 7) is -1.17. The second-order valence-electron chi connectivity index (χ2n) is 9.85. The molecule has 0 aliphatic carbocycles. The van der Waals surface area contributed by atoms with E-state index in [1.54, 1.807) is 0 Å². The van der Waals surface area contributed by atoms with Crippen LogP contribution >= 0.6 is 0 Å². The second kappa shape index (κ2) is 11.5. The van der Waals surface area contributed by atoms with Crippen LogP contribution in [0.4, 0.5) is 0 Å². The minimum absolute atomic E-state index is 0.00965. The summed E-state index contributed by atoms with van der Waals surface area (Å²) in [5, 5.41) is 82.2. The number of fused-ring (bicyclic) bond motifs is 1. The Labute approximate surface area is 231 Å². The molecule has 0 bridgehead atoms. The van der Waals surface area contributed by atoms with Gasteiger partial charge < -0.3 is 64.2 Å². The first-order chi connectivity index (χ1) is 19.5. The lowest BCUT2D eigenvalue weighted by Crippen LogP contribution is -2.60. The maximum Gasteiger partial charge on any atom is 0.197 e. The van der Waals surface area contributed by atoms with Crippen LogP contribution in [0.1, 0.15) is 11.7 Å². The van der Waals surface area contributed by atoms with E-state index in [1.807, 2.05) is 0 Å². The molecule has 41 heavy (non-hydrogen) atoms. The zero-order chi connectivity index (χ0) is 29.6. The number of phenols is 2. The molecule has 3 aromatic rings. The van der Waals surface area contributed by atoms with E-state index in [9.17, 15) is 45.6 Å². The Balaban J connectivity index is 1.61. The highest BCUT2D eigenvalue weighted by atomic mass is 16.7. The van der Waals surface area contributed by atoms with Crippen LogP contribution in [0.2, 0.25) is 0 Å². The van der Waals surface area contributed by atoms with Gasteiger partial charge in [0.05, 0.1) is 25.9 Å². The SMILES string of the molecule is COc1cc2oc(-c3ccc(O)cc3)cc(=O)c2c(O)c1[C@H]1O[C@@H](CO)[C@H](O)[C@H](O)[C@@H]1O[C@H]1OC[C@H](O)[C@H](O)[C@@H]1O. The lowest BCUT2D eigenvalue weighted by molar-refractivity contribution is -0.325. The van der Waals surface area contributed by atoms with Gasteiger partial charge in [0.1, 0.15) is 82.8 Å². The molecule has 2 aromatic carbocycles. The highest BCUT2D eigenvalue weighted by Gasteiger charge is 2.50. The van der Waals surface area contributed by atoms with E-state index < -0.39 is 79.5 Å². The van der Waals surface area contributed by atoms with Gasteiger partial charge in [0.15, 0.2) is 11.7 Å². The maximum atomic E-state index is 13.2. The lowest BCUT2D eigenvalue weighted by Gasteiger charge is -2.45. The van der Waals surface area contributed by atoms with Gasteiger partial charge in [0.25, 0.3) is 0 Å². The summed E-state index contributed by atoms with van der Waals surface area (Å²) in [7, 11) is 1.26. The molecule has 5 rings (SSSR count). The second-order valence-corrected chi connectivity index (χ2v) is 9.85. The summed E-state index contributed by atoms with van der Waals surface area (Å²) < 4.78 is 28.2. The summed E-state index contributed by atoms with van der Waals surface area (Å²) in [6, 6.07) is 8.31. The average molecular weight is 579 g/mol. The molecular formula is C27H30O14. The summed E-state index contributed by atoms with van der Waals surface area (Å²) in [4.78, 5) is 13.2. The number of hydrogen-bond donors (Lipinski definition) is 8. The summed E-state index contributed by atoms with van der Waals surface area (Å²) in [6.07, 6.45) is -14.4. The van der Waals surface area contributed by atoms with Gasteiger partial charge >= 0.3 is 0 Å². The fourth-order valence-electron chi connectivity index (χ4n) is 5.04. The Hall–Kier alpha value is -3.31. The van der Waals surface area contributed by atoms with Crippen molar-refractivity contribution in [3.8, 4) is 28.6 Å². The van der Waals surface area contributed by atoms with E-state index in [0.717, 1.165) is 6.07 Å². The number of ether oxygens (including phenoxy) is 4. The van der Waals surface area contributed by atoms with Crippen LogP contribution in [0.3, 0.4) is 0 Å². The molecule has 14 heteroatoms. The predicted molar refractivity (Wildman–Crippen MR) is 137 cm³/mol. The van der Waals surface area contributed by atoms with Gasteiger partial charge in [-0.3, -0.25) is 4.79 Å². The van der Waals surface area contributed by atoms with E-state index in [-0.39, 0.29) is 33.8 Å². The first-order valence-electron chi connectivity index (χ1n) is 12.7. The van der Waals surface area contributed by atoms with Crippen molar-refractivity contribution in [1.29, 1.82) is 0 Å². The zero-order valence-electron chi connectivity index (χ0n) is 21.6. The fraction of sp³-hybridized carbons (Fsp3) is 0.444. The van der Waals surface area contributed by atoms with E-state index >= 15 is 0 Å². The van der Waals surface area contributed by atoms with Crippen molar-refractivity contribution in [2.75, 3.05) is 20.3 Å². The molecule has 2 aliphatic heterocycles. The molecule has 2 fully saturated rings. The largest absolute Gasteiger partial charge is 0.508 e. The molecule has 9 atom stereocenters. The minimum atomic E-state index is -1.79. The van der Waals surface area contributed by atoms with Gasteiger partial charge in [0.2, 0.25) is 0 Å². The number of aliphatic hydroxyl groups excluding tert-OH is 6. The van der Waals surface area contributed by atoms with Crippen LogP contribution in [0, 0.1) is 0 Å². The van der Waals surface area contributed by atoms with Crippen LogP contribution in [0.25, 0.3) is 22.3 Å². The molecule has 14 nitrogen and oxygen atoms in total. The molecule has 2 saturated heterocycles. The Morgan fingerprint density at radius 1 is 0.951 bits per heavy atom.